The molecule has 90 valence electrons. The first kappa shape index (κ1) is 12.9. The second-order valence-electron chi connectivity index (χ2n) is 3.93. The van der Waals surface area contributed by atoms with Crippen LogP contribution in [0, 0.1) is 5.82 Å². The molecular formula is C12H19FN2O. The molecule has 0 atom stereocenters. The van der Waals surface area contributed by atoms with Gasteiger partial charge in [-0.1, -0.05) is 0 Å². The first-order chi connectivity index (χ1) is 7.63. The average Bonchev–Trinajstić information content (AvgIpc) is 2.24. The van der Waals surface area contributed by atoms with E-state index in [2.05, 4.69) is 4.90 Å². The topological polar surface area (TPSA) is 38.5 Å². The zero-order valence-corrected chi connectivity index (χ0v) is 9.87. The van der Waals surface area contributed by atoms with Crippen molar-refractivity contribution in [3.05, 3.63) is 29.6 Å². The van der Waals surface area contributed by atoms with E-state index in [1.54, 1.807) is 13.2 Å². The molecule has 0 aliphatic rings. The van der Waals surface area contributed by atoms with Crippen LogP contribution in [0.2, 0.25) is 0 Å². The predicted molar refractivity (Wildman–Crippen MR) is 63.6 cm³/mol. The number of hydrogen-bond acceptors (Lipinski definition) is 3. The van der Waals surface area contributed by atoms with E-state index in [4.69, 9.17) is 10.5 Å². The Hall–Kier alpha value is -1.13. The lowest BCUT2D eigenvalue weighted by Crippen LogP contribution is -2.20. The molecule has 0 aliphatic heterocycles. The fraction of sp³-hybridized carbons (Fsp3) is 0.500. The minimum atomic E-state index is -0.241. The van der Waals surface area contributed by atoms with Crippen LogP contribution in [0.1, 0.15) is 12.0 Å². The minimum Gasteiger partial charge on any atom is -0.398 e. The highest BCUT2D eigenvalue weighted by Gasteiger charge is 2.04. The van der Waals surface area contributed by atoms with Crippen LogP contribution in [0.5, 0.6) is 0 Å². The maximum atomic E-state index is 13.0. The smallest absolute Gasteiger partial charge is 0.123 e. The number of nitrogens with zero attached hydrogens (tertiary/aromatic N) is 1. The van der Waals surface area contributed by atoms with Crippen LogP contribution in [-0.2, 0) is 11.3 Å². The van der Waals surface area contributed by atoms with Crippen molar-refractivity contribution < 1.29 is 9.13 Å². The summed E-state index contributed by atoms with van der Waals surface area (Å²) >= 11 is 0. The van der Waals surface area contributed by atoms with Crippen molar-refractivity contribution in [2.24, 2.45) is 0 Å². The molecule has 3 nitrogen and oxygen atoms in total. The van der Waals surface area contributed by atoms with Gasteiger partial charge in [0.15, 0.2) is 0 Å². The summed E-state index contributed by atoms with van der Waals surface area (Å²) in [4.78, 5) is 2.10. The van der Waals surface area contributed by atoms with Gasteiger partial charge in [0.2, 0.25) is 0 Å². The summed E-state index contributed by atoms with van der Waals surface area (Å²) < 4.78 is 18.0. The van der Waals surface area contributed by atoms with Crippen molar-refractivity contribution in [3.8, 4) is 0 Å². The molecule has 16 heavy (non-hydrogen) atoms. The van der Waals surface area contributed by atoms with Crippen molar-refractivity contribution in [1.29, 1.82) is 0 Å². The SMILES string of the molecule is COCCCN(C)Cc1cc(F)ccc1N. The zero-order chi connectivity index (χ0) is 12.0. The van der Waals surface area contributed by atoms with Crippen LogP contribution < -0.4 is 5.73 Å². The van der Waals surface area contributed by atoms with Gasteiger partial charge in [-0.3, -0.25) is 0 Å². The van der Waals surface area contributed by atoms with Gasteiger partial charge in [-0.15, -0.1) is 0 Å². The minimum absolute atomic E-state index is 0.241. The monoisotopic (exact) mass is 226 g/mol. The Morgan fingerprint density at radius 2 is 2.19 bits per heavy atom. The number of nitrogen functional groups attached to an aromatic ring is 1. The van der Waals surface area contributed by atoms with E-state index >= 15 is 0 Å². The Balaban J connectivity index is 2.48. The van der Waals surface area contributed by atoms with Gasteiger partial charge in [-0.25, -0.2) is 4.39 Å². The summed E-state index contributed by atoms with van der Waals surface area (Å²) in [6.45, 7) is 2.31. The van der Waals surface area contributed by atoms with Gasteiger partial charge in [-0.2, -0.15) is 0 Å². The highest BCUT2D eigenvalue weighted by Crippen LogP contribution is 2.15. The van der Waals surface area contributed by atoms with Gasteiger partial charge >= 0.3 is 0 Å². The zero-order valence-electron chi connectivity index (χ0n) is 9.87. The average molecular weight is 226 g/mol. The Morgan fingerprint density at radius 3 is 2.88 bits per heavy atom. The first-order valence-electron chi connectivity index (χ1n) is 5.35. The molecule has 0 unspecified atom stereocenters. The second kappa shape index (κ2) is 6.45. The fourth-order valence-electron chi connectivity index (χ4n) is 1.56. The van der Waals surface area contributed by atoms with E-state index in [9.17, 15) is 4.39 Å². The number of rotatable bonds is 6. The van der Waals surface area contributed by atoms with Gasteiger partial charge in [0, 0.05) is 32.5 Å². The largest absolute Gasteiger partial charge is 0.398 e. The van der Waals surface area contributed by atoms with Crippen LogP contribution in [0.15, 0.2) is 18.2 Å². The maximum absolute atomic E-state index is 13.0. The fourth-order valence-corrected chi connectivity index (χ4v) is 1.56. The molecule has 0 bridgehead atoms. The predicted octanol–water partition coefficient (Wildman–Crippen LogP) is 1.88. The van der Waals surface area contributed by atoms with Crippen molar-refractivity contribution in [2.75, 3.05) is 33.0 Å². The molecule has 0 aliphatic carbocycles. The summed E-state index contributed by atoms with van der Waals surface area (Å²) in [6, 6.07) is 4.47. The van der Waals surface area contributed by atoms with Crippen molar-refractivity contribution in [1.82, 2.24) is 4.90 Å². The molecule has 0 saturated heterocycles. The van der Waals surface area contributed by atoms with Crippen LogP contribution >= 0.6 is 0 Å². The Kier molecular flexibility index (Phi) is 5.22. The van der Waals surface area contributed by atoms with E-state index in [-0.39, 0.29) is 5.82 Å². The molecular weight excluding hydrogens is 207 g/mol. The molecule has 0 amide bonds. The van der Waals surface area contributed by atoms with Gasteiger partial charge in [0.1, 0.15) is 5.82 Å². The van der Waals surface area contributed by atoms with E-state index in [1.165, 1.54) is 12.1 Å². The maximum Gasteiger partial charge on any atom is 0.123 e. The standard InChI is InChI=1S/C12H19FN2O/c1-15(6-3-7-16-2)9-10-8-11(13)4-5-12(10)14/h4-5,8H,3,6-7,9,14H2,1-2H3. The number of ether oxygens (including phenoxy) is 1. The number of halogens is 1. The van der Waals surface area contributed by atoms with E-state index in [0.717, 1.165) is 25.1 Å². The molecule has 0 spiro atoms. The number of benzene rings is 1. The number of hydrogen-bond donors (Lipinski definition) is 1. The summed E-state index contributed by atoms with van der Waals surface area (Å²) in [5, 5.41) is 0. The molecule has 1 aromatic rings. The van der Waals surface area contributed by atoms with Gasteiger partial charge in [0.25, 0.3) is 0 Å². The lowest BCUT2D eigenvalue weighted by molar-refractivity contribution is 0.178. The Morgan fingerprint density at radius 1 is 1.44 bits per heavy atom. The van der Waals surface area contributed by atoms with Gasteiger partial charge < -0.3 is 15.4 Å². The molecule has 0 radical (unpaired) electrons. The van der Waals surface area contributed by atoms with Crippen molar-refractivity contribution in [2.45, 2.75) is 13.0 Å². The van der Waals surface area contributed by atoms with Crippen LogP contribution in [0.4, 0.5) is 10.1 Å². The molecule has 1 aromatic carbocycles. The summed E-state index contributed by atoms with van der Waals surface area (Å²) in [7, 11) is 3.67. The highest BCUT2D eigenvalue weighted by molar-refractivity contribution is 5.46. The summed E-state index contributed by atoms with van der Waals surface area (Å²) in [5.41, 5.74) is 7.25. The van der Waals surface area contributed by atoms with Crippen molar-refractivity contribution >= 4 is 5.69 Å². The van der Waals surface area contributed by atoms with Gasteiger partial charge in [-0.05, 0) is 37.2 Å². The Bertz CT molecular complexity index is 331. The molecule has 0 heterocycles. The highest BCUT2D eigenvalue weighted by atomic mass is 19.1. The normalized spacial score (nSPS) is 11.0. The van der Waals surface area contributed by atoms with Crippen LogP contribution in [0.3, 0.4) is 0 Å². The molecule has 4 heteroatoms. The third-order valence-corrected chi connectivity index (χ3v) is 2.43. The summed E-state index contributed by atoms with van der Waals surface area (Å²) in [6.07, 6.45) is 0.961. The quantitative estimate of drug-likeness (QED) is 0.594. The Labute approximate surface area is 96.0 Å². The number of nitrogens with two attached hydrogens (primary N) is 1. The number of anilines is 1. The molecule has 0 fully saturated rings. The first-order valence-corrected chi connectivity index (χ1v) is 5.35. The third kappa shape index (κ3) is 4.16. The lowest BCUT2D eigenvalue weighted by atomic mass is 10.1. The molecule has 1 rings (SSSR count). The van der Waals surface area contributed by atoms with Crippen molar-refractivity contribution in [3.63, 3.8) is 0 Å². The number of methoxy groups -OCH3 is 1. The van der Waals surface area contributed by atoms with Crippen LogP contribution in [0.25, 0.3) is 0 Å². The van der Waals surface area contributed by atoms with E-state index < -0.39 is 0 Å². The molecule has 0 saturated carbocycles. The molecule has 0 aromatic heterocycles. The molecule has 2 N–H and O–H groups in total. The van der Waals surface area contributed by atoms with Crippen LogP contribution in [-0.4, -0.2) is 32.2 Å². The van der Waals surface area contributed by atoms with E-state index in [1.807, 2.05) is 7.05 Å². The summed E-state index contributed by atoms with van der Waals surface area (Å²) in [5.74, 6) is -0.241. The van der Waals surface area contributed by atoms with Gasteiger partial charge in [0.05, 0.1) is 0 Å². The second-order valence-corrected chi connectivity index (χ2v) is 3.93. The third-order valence-electron chi connectivity index (χ3n) is 2.43. The lowest BCUT2D eigenvalue weighted by Gasteiger charge is -2.17. The van der Waals surface area contributed by atoms with E-state index in [0.29, 0.717) is 12.2 Å².